The third-order valence-corrected chi connectivity index (χ3v) is 5.21. The van der Waals surface area contributed by atoms with E-state index in [-0.39, 0.29) is 0 Å². The van der Waals surface area contributed by atoms with Crippen molar-refractivity contribution in [1.82, 2.24) is 0 Å². The lowest BCUT2D eigenvalue weighted by Crippen LogP contribution is -2.03. The molecule has 0 fully saturated rings. The zero-order chi connectivity index (χ0) is 17.9. The number of fused-ring (bicyclic) bond motifs is 1. The van der Waals surface area contributed by atoms with E-state index in [0.29, 0.717) is 0 Å². The standard InChI is InChI=1S/C25H23N/c1-18(19-10-4-2-5-11-19)21-16-17-24(23-15-9-8-14-22(21)23)25(26)20-12-6-3-7-13-20/h2-10,12,14-17H,11,13,26H2,1H3/b19-18+,25-20-. The highest BCUT2D eigenvalue weighted by atomic mass is 14.6. The first kappa shape index (κ1) is 16.4. The van der Waals surface area contributed by atoms with Gasteiger partial charge in [-0.25, -0.2) is 0 Å². The summed E-state index contributed by atoms with van der Waals surface area (Å²) in [5.74, 6) is 0. The largest absolute Gasteiger partial charge is 0.398 e. The first-order chi connectivity index (χ1) is 12.8. The minimum atomic E-state index is 0.874. The van der Waals surface area contributed by atoms with Crippen molar-refractivity contribution in [3.8, 4) is 0 Å². The van der Waals surface area contributed by atoms with Crippen LogP contribution in [0, 0.1) is 0 Å². The summed E-state index contributed by atoms with van der Waals surface area (Å²) in [6.07, 6.45) is 18.9. The van der Waals surface area contributed by atoms with Crippen LogP contribution in [0.1, 0.15) is 30.9 Å². The Morgan fingerprint density at radius 1 is 0.731 bits per heavy atom. The van der Waals surface area contributed by atoms with Crippen molar-refractivity contribution in [1.29, 1.82) is 0 Å². The summed E-state index contributed by atoms with van der Waals surface area (Å²) in [6.45, 7) is 2.22. The second-order valence-corrected chi connectivity index (χ2v) is 6.78. The smallest absolute Gasteiger partial charge is 0.0429 e. The third-order valence-electron chi connectivity index (χ3n) is 5.21. The summed E-state index contributed by atoms with van der Waals surface area (Å²) in [7, 11) is 0. The molecule has 26 heavy (non-hydrogen) atoms. The topological polar surface area (TPSA) is 26.0 Å². The van der Waals surface area contributed by atoms with Gasteiger partial charge in [0.1, 0.15) is 0 Å². The zero-order valence-electron chi connectivity index (χ0n) is 15.1. The summed E-state index contributed by atoms with van der Waals surface area (Å²) in [4.78, 5) is 0. The highest BCUT2D eigenvalue weighted by molar-refractivity contribution is 6.01. The maximum Gasteiger partial charge on any atom is 0.0429 e. The average Bonchev–Trinajstić information content (AvgIpc) is 2.73. The SMILES string of the molecule is C/C(=C1/C=CC=CC1)c1ccc(/C(N)=C2\C=CC=CC2)c2ccccc12. The van der Waals surface area contributed by atoms with E-state index < -0.39 is 0 Å². The quantitative estimate of drug-likeness (QED) is 0.682. The number of hydrogen-bond acceptors (Lipinski definition) is 1. The molecule has 0 aliphatic heterocycles. The van der Waals surface area contributed by atoms with E-state index in [1.54, 1.807) is 0 Å². The van der Waals surface area contributed by atoms with Gasteiger partial charge in [-0.3, -0.25) is 0 Å². The van der Waals surface area contributed by atoms with Crippen molar-refractivity contribution in [2.75, 3.05) is 0 Å². The zero-order valence-corrected chi connectivity index (χ0v) is 15.1. The van der Waals surface area contributed by atoms with Gasteiger partial charge in [-0.2, -0.15) is 0 Å². The van der Waals surface area contributed by atoms with Crippen LogP contribution in [0.2, 0.25) is 0 Å². The summed E-state index contributed by atoms with van der Waals surface area (Å²) in [6, 6.07) is 13.0. The number of rotatable bonds is 2. The molecule has 1 heteroatoms. The van der Waals surface area contributed by atoms with Gasteiger partial charge < -0.3 is 5.73 Å². The second kappa shape index (κ2) is 7.05. The van der Waals surface area contributed by atoms with E-state index in [4.69, 9.17) is 5.73 Å². The van der Waals surface area contributed by atoms with E-state index in [9.17, 15) is 0 Å². The fraction of sp³-hybridized carbons (Fsp3) is 0.120. The van der Waals surface area contributed by atoms with E-state index in [2.05, 4.69) is 91.9 Å². The molecule has 4 rings (SSSR count). The molecule has 2 N–H and O–H groups in total. The van der Waals surface area contributed by atoms with E-state index in [1.165, 1.54) is 33.1 Å². The molecule has 0 atom stereocenters. The van der Waals surface area contributed by atoms with Gasteiger partial charge in [0.2, 0.25) is 0 Å². The molecule has 0 bridgehead atoms. The van der Waals surface area contributed by atoms with Gasteiger partial charge in [0.05, 0.1) is 0 Å². The molecular weight excluding hydrogens is 314 g/mol. The fourth-order valence-electron chi connectivity index (χ4n) is 3.71. The lowest BCUT2D eigenvalue weighted by atomic mass is 9.89. The Bertz CT molecular complexity index is 955. The molecular formula is C25H23N. The number of nitrogens with two attached hydrogens (primary N) is 1. The molecule has 0 saturated heterocycles. The van der Waals surface area contributed by atoms with Crippen molar-refractivity contribution in [2.45, 2.75) is 19.8 Å². The van der Waals surface area contributed by atoms with Crippen molar-refractivity contribution in [3.05, 3.63) is 107 Å². The number of hydrogen-bond donors (Lipinski definition) is 1. The molecule has 0 aromatic heterocycles. The first-order valence-corrected chi connectivity index (χ1v) is 9.13. The van der Waals surface area contributed by atoms with Crippen LogP contribution in [0.15, 0.2) is 96.2 Å². The average molecular weight is 337 g/mol. The van der Waals surface area contributed by atoms with Crippen molar-refractivity contribution in [3.63, 3.8) is 0 Å². The summed E-state index contributed by atoms with van der Waals surface area (Å²) >= 11 is 0. The lowest BCUT2D eigenvalue weighted by molar-refractivity contribution is 1.25. The molecule has 128 valence electrons. The van der Waals surface area contributed by atoms with Crippen molar-refractivity contribution >= 4 is 22.0 Å². The predicted molar refractivity (Wildman–Crippen MR) is 113 cm³/mol. The second-order valence-electron chi connectivity index (χ2n) is 6.78. The van der Waals surface area contributed by atoms with Gasteiger partial charge in [0.25, 0.3) is 0 Å². The van der Waals surface area contributed by atoms with Gasteiger partial charge >= 0.3 is 0 Å². The van der Waals surface area contributed by atoms with Crippen LogP contribution in [0.3, 0.4) is 0 Å². The molecule has 0 saturated carbocycles. The molecule has 0 spiro atoms. The Morgan fingerprint density at radius 3 is 1.92 bits per heavy atom. The molecule has 2 aromatic carbocycles. The molecule has 0 amide bonds. The minimum Gasteiger partial charge on any atom is -0.398 e. The Morgan fingerprint density at radius 2 is 1.31 bits per heavy atom. The Hall–Kier alpha value is -3.06. The van der Waals surface area contributed by atoms with E-state index >= 15 is 0 Å². The molecule has 0 radical (unpaired) electrons. The molecule has 0 unspecified atom stereocenters. The highest BCUT2D eigenvalue weighted by Gasteiger charge is 2.13. The monoisotopic (exact) mass is 337 g/mol. The van der Waals surface area contributed by atoms with Crippen molar-refractivity contribution in [2.24, 2.45) is 5.73 Å². The number of benzene rings is 2. The Kier molecular flexibility index (Phi) is 4.45. The third kappa shape index (κ3) is 2.97. The van der Waals surface area contributed by atoms with Crippen LogP contribution in [0.4, 0.5) is 0 Å². The number of allylic oxidation sites excluding steroid dienone is 11. The van der Waals surface area contributed by atoms with Crippen LogP contribution in [-0.2, 0) is 0 Å². The minimum absolute atomic E-state index is 0.874. The molecule has 2 aromatic rings. The highest BCUT2D eigenvalue weighted by Crippen LogP contribution is 2.34. The lowest BCUT2D eigenvalue weighted by Gasteiger charge is -2.16. The molecule has 2 aliphatic carbocycles. The van der Waals surface area contributed by atoms with Crippen molar-refractivity contribution < 1.29 is 0 Å². The summed E-state index contributed by atoms with van der Waals surface area (Å²) in [5, 5.41) is 2.48. The van der Waals surface area contributed by atoms with Gasteiger partial charge in [-0.15, -0.1) is 0 Å². The molecule has 1 nitrogen and oxygen atoms in total. The van der Waals surface area contributed by atoms with Crippen LogP contribution < -0.4 is 5.73 Å². The van der Waals surface area contributed by atoms with Crippen LogP contribution in [0.25, 0.3) is 22.0 Å². The van der Waals surface area contributed by atoms with E-state index in [0.717, 1.165) is 24.1 Å². The predicted octanol–water partition coefficient (Wildman–Crippen LogP) is 6.32. The van der Waals surface area contributed by atoms with Gasteiger partial charge in [-0.05, 0) is 52.8 Å². The fourth-order valence-corrected chi connectivity index (χ4v) is 3.71. The maximum atomic E-state index is 6.57. The van der Waals surface area contributed by atoms with Gasteiger partial charge in [0.15, 0.2) is 0 Å². The summed E-state index contributed by atoms with van der Waals surface area (Å²) < 4.78 is 0. The normalized spacial score (nSPS) is 19.9. The van der Waals surface area contributed by atoms with Gasteiger partial charge in [0, 0.05) is 11.3 Å². The summed E-state index contributed by atoms with van der Waals surface area (Å²) in [5.41, 5.74) is 13.7. The van der Waals surface area contributed by atoms with Crippen LogP contribution in [0.5, 0.6) is 0 Å². The van der Waals surface area contributed by atoms with Crippen LogP contribution in [-0.4, -0.2) is 0 Å². The van der Waals surface area contributed by atoms with Crippen LogP contribution >= 0.6 is 0 Å². The maximum absolute atomic E-state index is 6.57. The van der Waals surface area contributed by atoms with Gasteiger partial charge in [-0.1, -0.05) is 85.0 Å². The Balaban J connectivity index is 1.90. The Labute approximate surface area is 155 Å². The van der Waals surface area contributed by atoms with E-state index in [1.807, 2.05) is 0 Å². The first-order valence-electron chi connectivity index (χ1n) is 9.13. The molecule has 0 heterocycles. The molecule has 2 aliphatic rings.